The number of carbonyl (C=O) groups excluding carboxylic acids is 1. The third-order valence-electron chi connectivity index (χ3n) is 5.95. The lowest BCUT2D eigenvalue weighted by molar-refractivity contribution is -0.130. The Morgan fingerprint density at radius 3 is 3.00 bits per heavy atom. The van der Waals surface area contributed by atoms with Crippen LogP contribution in [-0.4, -0.2) is 57.8 Å². The van der Waals surface area contributed by atoms with E-state index in [9.17, 15) is 4.79 Å². The Kier molecular flexibility index (Phi) is 4.06. The summed E-state index contributed by atoms with van der Waals surface area (Å²) in [7, 11) is 1.75. The van der Waals surface area contributed by atoms with Crippen LogP contribution < -0.4 is 0 Å². The van der Waals surface area contributed by atoms with Crippen LogP contribution in [0.25, 0.3) is 11.4 Å². The van der Waals surface area contributed by atoms with Crippen molar-refractivity contribution in [3.63, 3.8) is 0 Å². The van der Waals surface area contributed by atoms with Crippen molar-refractivity contribution in [1.82, 2.24) is 25.1 Å². The number of hydrogen-bond donors (Lipinski definition) is 1. The van der Waals surface area contributed by atoms with E-state index < -0.39 is 0 Å². The third kappa shape index (κ3) is 2.80. The van der Waals surface area contributed by atoms with E-state index >= 15 is 0 Å². The molecular formula is C19H25N5O2. The van der Waals surface area contributed by atoms with Crippen molar-refractivity contribution in [2.75, 3.05) is 26.8 Å². The van der Waals surface area contributed by atoms with E-state index in [1.165, 1.54) is 0 Å². The van der Waals surface area contributed by atoms with Crippen LogP contribution in [0.4, 0.5) is 0 Å². The lowest BCUT2D eigenvalue weighted by Crippen LogP contribution is -2.55. The van der Waals surface area contributed by atoms with Gasteiger partial charge >= 0.3 is 0 Å². The van der Waals surface area contributed by atoms with Crippen LogP contribution in [-0.2, 0) is 16.0 Å². The highest BCUT2D eigenvalue weighted by Gasteiger charge is 2.63. The Morgan fingerprint density at radius 2 is 2.31 bits per heavy atom. The zero-order valence-corrected chi connectivity index (χ0v) is 15.5. The summed E-state index contributed by atoms with van der Waals surface area (Å²) in [5.74, 6) is 1.76. The van der Waals surface area contributed by atoms with Gasteiger partial charge in [0.15, 0.2) is 5.82 Å². The maximum absolute atomic E-state index is 12.8. The Morgan fingerprint density at radius 1 is 1.46 bits per heavy atom. The summed E-state index contributed by atoms with van der Waals surface area (Å²) in [4.78, 5) is 23.3. The average molecular weight is 355 g/mol. The maximum atomic E-state index is 12.8. The van der Waals surface area contributed by atoms with E-state index in [1.807, 2.05) is 17.0 Å². The second kappa shape index (κ2) is 6.16. The van der Waals surface area contributed by atoms with Gasteiger partial charge in [-0.1, -0.05) is 13.8 Å². The SMILES string of the molecule is COC[C@@]12CN(C(=O)Cc3nc(-c4cccnc4)n[nH]3)C[C@@H]1C(C)(C)C2. The summed E-state index contributed by atoms with van der Waals surface area (Å²) >= 11 is 0. The Labute approximate surface area is 153 Å². The number of ether oxygens (including phenoxy) is 1. The van der Waals surface area contributed by atoms with Crippen molar-refractivity contribution in [3.05, 3.63) is 30.4 Å². The first-order valence-corrected chi connectivity index (χ1v) is 9.02. The van der Waals surface area contributed by atoms with Crippen LogP contribution in [0.2, 0.25) is 0 Å². The third-order valence-corrected chi connectivity index (χ3v) is 5.95. The van der Waals surface area contributed by atoms with E-state index in [-0.39, 0.29) is 23.2 Å². The highest BCUT2D eigenvalue weighted by Crippen LogP contribution is 2.62. The minimum absolute atomic E-state index is 0.0968. The van der Waals surface area contributed by atoms with Gasteiger partial charge < -0.3 is 9.64 Å². The molecule has 0 aromatic carbocycles. The molecule has 1 aliphatic carbocycles. The van der Waals surface area contributed by atoms with Gasteiger partial charge in [-0.15, -0.1) is 0 Å². The minimum atomic E-state index is 0.0968. The number of methoxy groups -OCH3 is 1. The summed E-state index contributed by atoms with van der Waals surface area (Å²) in [6, 6.07) is 3.74. The first-order valence-electron chi connectivity index (χ1n) is 9.02. The van der Waals surface area contributed by atoms with Gasteiger partial charge in [-0.2, -0.15) is 5.10 Å². The summed E-state index contributed by atoms with van der Waals surface area (Å²) < 4.78 is 5.47. The van der Waals surface area contributed by atoms with Crippen LogP contribution in [0.5, 0.6) is 0 Å². The minimum Gasteiger partial charge on any atom is -0.384 e. The fourth-order valence-electron chi connectivity index (χ4n) is 5.05. The van der Waals surface area contributed by atoms with Gasteiger partial charge in [0.25, 0.3) is 0 Å². The smallest absolute Gasteiger partial charge is 0.230 e. The molecule has 1 amide bonds. The molecule has 1 saturated carbocycles. The van der Waals surface area contributed by atoms with Crippen LogP contribution in [0.3, 0.4) is 0 Å². The Hall–Kier alpha value is -2.28. The number of fused-ring (bicyclic) bond motifs is 1. The van der Waals surface area contributed by atoms with Gasteiger partial charge in [0.1, 0.15) is 5.82 Å². The molecule has 26 heavy (non-hydrogen) atoms. The number of hydrogen-bond acceptors (Lipinski definition) is 5. The molecule has 2 fully saturated rings. The molecule has 2 aromatic rings. The molecule has 2 atom stereocenters. The molecule has 2 aliphatic rings. The molecular weight excluding hydrogens is 330 g/mol. The fraction of sp³-hybridized carbons (Fsp3) is 0.579. The van der Waals surface area contributed by atoms with Crippen molar-refractivity contribution in [2.45, 2.75) is 26.7 Å². The predicted molar refractivity (Wildman–Crippen MR) is 96.1 cm³/mol. The van der Waals surface area contributed by atoms with Gasteiger partial charge in [-0.3, -0.25) is 14.9 Å². The van der Waals surface area contributed by atoms with Crippen molar-refractivity contribution in [1.29, 1.82) is 0 Å². The number of aromatic amines is 1. The van der Waals surface area contributed by atoms with Gasteiger partial charge in [0, 0.05) is 43.6 Å². The van der Waals surface area contributed by atoms with Crippen LogP contribution in [0.15, 0.2) is 24.5 Å². The number of nitrogens with zero attached hydrogens (tertiary/aromatic N) is 4. The molecule has 7 heteroatoms. The van der Waals surface area contributed by atoms with E-state index in [0.717, 1.165) is 31.7 Å². The van der Waals surface area contributed by atoms with Crippen molar-refractivity contribution < 1.29 is 9.53 Å². The highest BCUT2D eigenvalue weighted by molar-refractivity contribution is 5.78. The van der Waals surface area contributed by atoms with Crippen LogP contribution in [0, 0.1) is 16.7 Å². The Bertz CT molecular complexity index is 803. The number of likely N-dealkylation sites (tertiary alicyclic amines) is 1. The molecule has 0 radical (unpaired) electrons. The largest absolute Gasteiger partial charge is 0.384 e. The predicted octanol–water partition coefficient (Wildman–Crippen LogP) is 1.93. The van der Waals surface area contributed by atoms with Gasteiger partial charge in [0.05, 0.1) is 13.0 Å². The normalized spacial score (nSPS) is 26.4. The first kappa shape index (κ1) is 17.1. The summed E-state index contributed by atoms with van der Waals surface area (Å²) in [5, 5.41) is 7.09. The lowest BCUT2D eigenvalue weighted by atomic mass is 9.48. The van der Waals surface area contributed by atoms with E-state index in [1.54, 1.807) is 19.5 Å². The zero-order valence-electron chi connectivity index (χ0n) is 15.5. The molecule has 1 aliphatic heterocycles. The van der Waals surface area contributed by atoms with Gasteiger partial charge in [-0.05, 0) is 29.9 Å². The maximum Gasteiger partial charge on any atom is 0.230 e. The quantitative estimate of drug-likeness (QED) is 0.886. The summed E-state index contributed by atoms with van der Waals surface area (Å²) in [6.07, 6.45) is 4.77. The first-order chi connectivity index (χ1) is 12.4. The van der Waals surface area contributed by atoms with Crippen LogP contribution >= 0.6 is 0 Å². The lowest BCUT2D eigenvalue weighted by Gasteiger charge is -2.56. The molecule has 1 saturated heterocycles. The topological polar surface area (TPSA) is 84.0 Å². The molecule has 0 spiro atoms. The van der Waals surface area contributed by atoms with E-state index in [0.29, 0.717) is 17.6 Å². The number of rotatable bonds is 5. The van der Waals surface area contributed by atoms with Gasteiger partial charge in [-0.25, -0.2) is 4.98 Å². The average Bonchev–Trinajstić information content (AvgIpc) is 3.19. The highest BCUT2D eigenvalue weighted by atomic mass is 16.5. The second-order valence-electron chi connectivity index (χ2n) is 8.31. The number of pyridine rings is 1. The number of amides is 1. The van der Waals surface area contributed by atoms with Crippen molar-refractivity contribution in [2.24, 2.45) is 16.7 Å². The molecule has 3 heterocycles. The van der Waals surface area contributed by atoms with Crippen molar-refractivity contribution >= 4 is 5.91 Å². The molecule has 138 valence electrons. The number of H-pyrrole nitrogens is 1. The molecule has 4 rings (SSSR count). The molecule has 2 aromatic heterocycles. The molecule has 1 N–H and O–H groups in total. The summed E-state index contributed by atoms with van der Waals surface area (Å²) in [6.45, 7) is 6.88. The van der Waals surface area contributed by atoms with E-state index in [4.69, 9.17) is 4.74 Å². The molecule has 0 bridgehead atoms. The summed E-state index contributed by atoms with van der Waals surface area (Å²) in [5.41, 5.74) is 1.23. The standard InChI is InChI=1S/C19H25N5O2/c1-18(2)10-19(12-26-3)11-24(9-14(18)19)16(25)7-15-21-17(23-22-15)13-5-4-6-20-8-13/h4-6,8,14H,7,9-12H2,1-3H3,(H,21,22,23)/t14-,19-/m1/s1. The fourth-order valence-corrected chi connectivity index (χ4v) is 5.05. The second-order valence-corrected chi connectivity index (χ2v) is 8.31. The van der Waals surface area contributed by atoms with Crippen LogP contribution in [0.1, 0.15) is 26.1 Å². The number of carbonyl (C=O) groups is 1. The van der Waals surface area contributed by atoms with E-state index in [2.05, 4.69) is 34.0 Å². The molecule has 7 nitrogen and oxygen atoms in total. The number of aromatic nitrogens is 4. The number of nitrogens with one attached hydrogen (secondary N) is 1. The zero-order chi connectivity index (χ0) is 18.4. The van der Waals surface area contributed by atoms with Gasteiger partial charge in [0.2, 0.25) is 5.91 Å². The van der Waals surface area contributed by atoms with Crippen molar-refractivity contribution in [3.8, 4) is 11.4 Å². The Balaban J connectivity index is 1.44. The molecule has 0 unspecified atom stereocenters. The monoisotopic (exact) mass is 355 g/mol.